The molecule has 0 fully saturated rings. The van der Waals surface area contributed by atoms with Gasteiger partial charge in [0.25, 0.3) is 0 Å². The first-order valence-electron chi connectivity index (χ1n) is 5.21. The van der Waals surface area contributed by atoms with Gasteiger partial charge in [-0.3, -0.25) is 4.79 Å². The van der Waals surface area contributed by atoms with E-state index in [2.05, 4.69) is 18.0 Å². The molecule has 0 saturated heterocycles. The molecule has 1 N–H and O–H groups in total. The summed E-state index contributed by atoms with van der Waals surface area (Å²) in [6, 6.07) is 7.92. The lowest BCUT2D eigenvalue weighted by atomic mass is 9.90. The summed E-state index contributed by atoms with van der Waals surface area (Å²) >= 11 is 0. The average molecular weight is 201 g/mol. The third-order valence-electron chi connectivity index (χ3n) is 2.79. The van der Waals surface area contributed by atoms with Crippen molar-refractivity contribution in [2.24, 2.45) is 0 Å². The fourth-order valence-electron chi connectivity index (χ4n) is 1.98. The van der Waals surface area contributed by atoms with Gasteiger partial charge in [-0.2, -0.15) is 0 Å². The first-order valence-corrected chi connectivity index (χ1v) is 5.21. The normalized spacial score (nSPS) is 19.4. The molecule has 1 unspecified atom stereocenters. The Bertz CT molecular complexity index is 409. The molecule has 1 atom stereocenters. The lowest BCUT2D eigenvalue weighted by molar-refractivity contribution is -0.117. The molecule has 0 amide bonds. The molecule has 2 rings (SSSR count). The molecule has 0 spiro atoms. The first kappa shape index (κ1) is 10.1. The minimum absolute atomic E-state index is 0.0992. The van der Waals surface area contributed by atoms with Crippen LogP contribution in [0.3, 0.4) is 0 Å². The molecule has 0 aliphatic carbocycles. The van der Waals surface area contributed by atoms with Crippen LogP contribution in [-0.4, -0.2) is 12.3 Å². The van der Waals surface area contributed by atoms with E-state index in [0.29, 0.717) is 5.57 Å². The molecule has 78 valence electrons. The Morgan fingerprint density at radius 2 is 2.20 bits per heavy atom. The molecular formula is C13H15NO. The monoisotopic (exact) mass is 201 g/mol. The number of carbonyl (C=O) groups is 1. The summed E-state index contributed by atoms with van der Waals surface area (Å²) in [6.07, 6.45) is 0.996. The molecule has 0 radical (unpaired) electrons. The minimum Gasteiger partial charge on any atom is -0.303 e. The summed E-state index contributed by atoms with van der Waals surface area (Å²) in [5.41, 5.74) is 3.00. The Labute approximate surface area is 90.0 Å². The minimum atomic E-state index is -0.188. The Morgan fingerprint density at radius 3 is 2.93 bits per heavy atom. The number of Topliss-reactive ketones (excluding diaryl/α,β-unsaturated/α-hetero) is 1. The second-order valence-electron chi connectivity index (χ2n) is 3.98. The van der Waals surface area contributed by atoms with Crippen molar-refractivity contribution in [1.82, 2.24) is 5.32 Å². The summed E-state index contributed by atoms with van der Waals surface area (Å²) in [4.78, 5) is 11.9. The smallest absolute Gasteiger partial charge is 0.179 e. The van der Waals surface area contributed by atoms with Crippen molar-refractivity contribution >= 4 is 5.78 Å². The van der Waals surface area contributed by atoms with Crippen molar-refractivity contribution in [3.63, 3.8) is 0 Å². The first-order chi connectivity index (χ1) is 7.20. The van der Waals surface area contributed by atoms with Crippen LogP contribution in [0.25, 0.3) is 0 Å². The average Bonchev–Trinajstić information content (AvgIpc) is 2.27. The van der Waals surface area contributed by atoms with E-state index in [1.54, 1.807) is 6.92 Å². The lowest BCUT2D eigenvalue weighted by Crippen LogP contribution is -2.35. The zero-order valence-corrected chi connectivity index (χ0v) is 8.92. The van der Waals surface area contributed by atoms with Crippen LogP contribution in [0.1, 0.15) is 24.1 Å². The molecule has 15 heavy (non-hydrogen) atoms. The van der Waals surface area contributed by atoms with Crippen LogP contribution in [-0.2, 0) is 11.2 Å². The standard InChI is InChI=1S/C13H15NO/c1-9(2)13(15)12-11-6-4-3-5-10(11)7-8-14-12/h3-6,12,14H,1,7-8H2,2H3. The maximum absolute atomic E-state index is 11.9. The van der Waals surface area contributed by atoms with Crippen molar-refractivity contribution in [3.8, 4) is 0 Å². The number of nitrogens with one attached hydrogen (secondary N) is 1. The zero-order chi connectivity index (χ0) is 10.8. The fourth-order valence-corrected chi connectivity index (χ4v) is 1.98. The molecule has 0 saturated carbocycles. The molecule has 1 aromatic rings. The summed E-state index contributed by atoms with van der Waals surface area (Å²) in [5, 5.41) is 3.25. The van der Waals surface area contributed by atoms with Gasteiger partial charge in [-0.15, -0.1) is 0 Å². The number of ketones is 1. The highest BCUT2D eigenvalue weighted by Gasteiger charge is 2.25. The van der Waals surface area contributed by atoms with E-state index in [1.165, 1.54) is 5.56 Å². The number of hydrogen-bond acceptors (Lipinski definition) is 2. The third-order valence-corrected chi connectivity index (χ3v) is 2.79. The van der Waals surface area contributed by atoms with Gasteiger partial charge in [-0.25, -0.2) is 0 Å². The van der Waals surface area contributed by atoms with Gasteiger partial charge < -0.3 is 5.32 Å². The van der Waals surface area contributed by atoms with Gasteiger partial charge in [-0.1, -0.05) is 30.8 Å². The van der Waals surface area contributed by atoms with Crippen LogP contribution in [0.2, 0.25) is 0 Å². The molecule has 2 heteroatoms. The van der Waals surface area contributed by atoms with Gasteiger partial charge in [0.1, 0.15) is 0 Å². The van der Waals surface area contributed by atoms with Crippen molar-refractivity contribution < 1.29 is 4.79 Å². The van der Waals surface area contributed by atoms with Crippen molar-refractivity contribution in [2.75, 3.05) is 6.54 Å². The summed E-state index contributed by atoms with van der Waals surface area (Å²) in [7, 11) is 0. The molecular weight excluding hydrogens is 186 g/mol. The van der Waals surface area contributed by atoms with E-state index in [4.69, 9.17) is 0 Å². The highest BCUT2D eigenvalue weighted by atomic mass is 16.1. The molecule has 1 aromatic carbocycles. The largest absolute Gasteiger partial charge is 0.303 e. The molecule has 2 nitrogen and oxygen atoms in total. The summed E-state index contributed by atoms with van der Waals surface area (Å²) in [5.74, 6) is 0.0992. The van der Waals surface area contributed by atoms with E-state index in [0.717, 1.165) is 18.5 Å². The Kier molecular flexibility index (Phi) is 2.69. The van der Waals surface area contributed by atoms with E-state index in [9.17, 15) is 4.79 Å². The molecule has 1 aliphatic rings. The number of hydrogen-bond donors (Lipinski definition) is 1. The van der Waals surface area contributed by atoms with E-state index < -0.39 is 0 Å². The predicted octanol–water partition coefficient (Wildman–Crippen LogP) is 2.02. The Balaban J connectivity index is 2.38. The van der Waals surface area contributed by atoms with Crippen LogP contribution in [0, 0.1) is 0 Å². The quantitative estimate of drug-likeness (QED) is 0.742. The van der Waals surface area contributed by atoms with Crippen LogP contribution >= 0.6 is 0 Å². The predicted molar refractivity (Wildman–Crippen MR) is 60.7 cm³/mol. The maximum Gasteiger partial charge on any atom is 0.179 e. The Hall–Kier alpha value is -1.41. The second-order valence-corrected chi connectivity index (χ2v) is 3.98. The van der Waals surface area contributed by atoms with Crippen LogP contribution < -0.4 is 5.32 Å². The lowest BCUT2D eigenvalue weighted by Gasteiger charge is -2.25. The number of carbonyl (C=O) groups excluding carboxylic acids is 1. The van der Waals surface area contributed by atoms with Gasteiger partial charge in [0.05, 0.1) is 6.04 Å². The van der Waals surface area contributed by atoms with Crippen molar-refractivity contribution in [2.45, 2.75) is 19.4 Å². The van der Waals surface area contributed by atoms with E-state index in [-0.39, 0.29) is 11.8 Å². The summed E-state index contributed by atoms with van der Waals surface area (Å²) < 4.78 is 0. The van der Waals surface area contributed by atoms with E-state index in [1.807, 2.05) is 18.2 Å². The summed E-state index contributed by atoms with van der Waals surface area (Å²) in [6.45, 7) is 6.34. The molecule has 0 bridgehead atoms. The van der Waals surface area contributed by atoms with Gasteiger partial charge >= 0.3 is 0 Å². The van der Waals surface area contributed by atoms with Crippen molar-refractivity contribution in [3.05, 3.63) is 47.5 Å². The number of rotatable bonds is 2. The fraction of sp³-hybridized carbons (Fsp3) is 0.308. The van der Waals surface area contributed by atoms with Gasteiger partial charge in [0.2, 0.25) is 0 Å². The SMILES string of the molecule is C=C(C)C(=O)C1NCCc2ccccc21. The molecule has 0 aromatic heterocycles. The molecule has 1 heterocycles. The highest BCUT2D eigenvalue weighted by Crippen LogP contribution is 2.24. The van der Waals surface area contributed by atoms with Crippen LogP contribution in [0.15, 0.2) is 36.4 Å². The molecule has 1 aliphatic heterocycles. The number of fused-ring (bicyclic) bond motifs is 1. The second kappa shape index (κ2) is 3.99. The highest BCUT2D eigenvalue weighted by molar-refractivity contribution is 5.99. The number of benzene rings is 1. The van der Waals surface area contributed by atoms with Gasteiger partial charge in [0, 0.05) is 6.54 Å². The van der Waals surface area contributed by atoms with E-state index >= 15 is 0 Å². The van der Waals surface area contributed by atoms with Crippen LogP contribution in [0.4, 0.5) is 0 Å². The zero-order valence-electron chi connectivity index (χ0n) is 8.92. The van der Waals surface area contributed by atoms with Gasteiger partial charge in [0.15, 0.2) is 5.78 Å². The van der Waals surface area contributed by atoms with Crippen LogP contribution in [0.5, 0.6) is 0 Å². The van der Waals surface area contributed by atoms with Crippen molar-refractivity contribution in [1.29, 1.82) is 0 Å². The maximum atomic E-state index is 11.9. The van der Waals surface area contributed by atoms with Gasteiger partial charge in [-0.05, 0) is 30.0 Å². The third kappa shape index (κ3) is 1.85. The Morgan fingerprint density at radius 1 is 1.47 bits per heavy atom. The topological polar surface area (TPSA) is 29.1 Å².